The van der Waals surface area contributed by atoms with Crippen LogP contribution in [0.5, 0.6) is 0 Å². The van der Waals surface area contributed by atoms with Gasteiger partial charge in [-0.05, 0) is 25.2 Å². The number of imide groups is 1. The Morgan fingerprint density at radius 3 is 1.93 bits per heavy atom. The van der Waals surface area contributed by atoms with Crippen LogP contribution in [0.3, 0.4) is 0 Å². The lowest BCUT2D eigenvalue weighted by molar-refractivity contribution is -0.140. The Morgan fingerprint density at radius 1 is 0.926 bits per heavy atom. The number of carbonyl (C=O) groups is 2. The number of unbranched alkanes of at least 4 members (excludes halogenated alkanes) is 10. The maximum Gasteiger partial charge on any atom is 0.236 e. The van der Waals surface area contributed by atoms with Gasteiger partial charge in [0.1, 0.15) is 0 Å². The molecule has 0 aromatic heterocycles. The van der Waals surface area contributed by atoms with Crippen molar-refractivity contribution in [2.24, 2.45) is 11.8 Å². The Bertz CT molecular complexity index is 393. The molecule has 0 aromatic carbocycles. The van der Waals surface area contributed by atoms with Crippen molar-refractivity contribution in [1.82, 2.24) is 4.90 Å². The fraction of sp³-hybridized carbons (Fsp3) is 0.833. The molecule has 0 bridgehead atoms. The molecule has 0 aliphatic heterocycles. The molecule has 0 radical (unpaired) electrons. The predicted octanol–water partition coefficient (Wildman–Crippen LogP) is 7.01. The van der Waals surface area contributed by atoms with Crippen molar-refractivity contribution in [1.29, 1.82) is 0 Å². The largest absolute Gasteiger partial charge is 0.278 e. The van der Waals surface area contributed by atoms with Crippen LogP contribution >= 0.6 is 0 Å². The Labute approximate surface area is 168 Å². The lowest BCUT2D eigenvalue weighted by Gasteiger charge is -2.31. The third-order valence-electron chi connectivity index (χ3n) is 6.22. The second-order valence-electron chi connectivity index (χ2n) is 8.36. The summed E-state index contributed by atoms with van der Waals surface area (Å²) in [5.41, 5.74) is 0. The van der Waals surface area contributed by atoms with E-state index in [0.717, 1.165) is 30.6 Å². The van der Waals surface area contributed by atoms with Crippen LogP contribution in [-0.4, -0.2) is 17.2 Å². The van der Waals surface area contributed by atoms with Crippen LogP contribution in [0.1, 0.15) is 116 Å². The fourth-order valence-electron chi connectivity index (χ4n) is 4.50. The van der Waals surface area contributed by atoms with Gasteiger partial charge in [0, 0.05) is 12.1 Å². The molecule has 1 aliphatic carbocycles. The second kappa shape index (κ2) is 15.9. The van der Waals surface area contributed by atoms with Gasteiger partial charge in [0.25, 0.3) is 0 Å². The van der Waals surface area contributed by atoms with Crippen molar-refractivity contribution < 1.29 is 9.59 Å². The summed E-state index contributed by atoms with van der Waals surface area (Å²) >= 11 is 0. The first-order valence-electron chi connectivity index (χ1n) is 11.6. The number of hydrogen-bond acceptors (Lipinski definition) is 2. The SMILES string of the molecule is C=CN(C=O)C(=O)C(CCCCCCCCCCCCC)C1CCCCC1. The van der Waals surface area contributed by atoms with E-state index in [9.17, 15) is 9.59 Å². The monoisotopic (exact) mass is 377 g/mol. The zero-order chi connectivity index (χ0) is 19.7. The van der Waals surface area contributed by atoms with Crippen LogP contribution in [0, 0.1) is 11.8 Å². The van der Waals surface area contributed by atoms with E-state index in [1.54, 1.807) is 0 Å². The van der Waals surface area contributed by atoms with Crippen molar-refractivity contribution in [3.05, 3.63) is 12.8 Å². The van der Waals surface area contributed by atoms with E-state index in [1.165, 1.54) is 89.7 Å². The van der Waals surface area contributed by atoms with E-state index in [2.05, 4.69) is 13.5 Å². The summed E-state index contributed by atoms with van der Waals surface area (Å²) < 4.78 is 0. The highest BCUT2D eigenvalue weighted by atomic mass is 16.2. The molecule has 1 fully saturated rings. The molecule has 2 amide bonds. The summed E-state index contributed by atoms with van der Waals surface area (Å²) in [6, 6.07) is 0. The fourth-order valence-corrected chi connectivity index (χ4v) is 4.50. The number of hydrogen-bond donors (Lipinski definition) is 0. The summed E-state index contributed by atoms with van der Waals surface area (Å²) in [7, 11) is 0. The van der Waals surface area contributed by atoms with Gasteiger partial charge in [-0.15, -0.1) is 0 Å². The molecule has 0 spiro atoms. The van der Waals surface area contributed by atoms with Gasteiger partial charge in [0.2, 0.25) is 12.3 Å². The van der Waals surface area contributed by atoms with Crippen molar-refractivity contribution in [2.45, 2.75) is 116 Å². The molecular weight excluding hydrogens is 334 g/mol. The van der Waals surface area contributed by atoms with Gasteiger partial charge < -0.3 is 0 Å². The number of nitrogens with zero attached hydrogens (tertiary/aromatic N) is 1. The first-order valence-corrected chi connectivity index (χ1v) is 11.6. The van der Waals surface area contributed by atoms with Gasteiger partial charge in [0.15, 0.2) is 0 Å². The second-order valence-corrected chi connectivity index (χ2v) is 8.36. The molecule has 0 heterocycles. The molecule has 3 nitrogen and oxygen atoms in total. The molecule has 0 aromatic rings. The standard InChI is InChI=1S/C24H43NO2/c1-3-5-6-7-8-9-10-11-12-13-17-20-23(22-18-15-14-16-19-22)24(27)25(4-2)21-26/h4,21-23H,2-3,5-20H2,1H3. The minimum Gasteiger partial charge on any atom is -0.278 e. The summed E-state index contributed by atoms with van der Waals surface area (Å²) in [5, 5.41) is 0. The number of rotatable bonds is 16. The topological polar surface area (TPSA) is 37.4 Å². The van der Waals surface area contributed by atoms with Crippen LogP contribution < -0.4 is 0 Å². The van der Waals surface area contributed by atoms with E-state index >= 15 is 0 Å². The lowest BCUT2D eigenvalue weighted by Crippen LogP contribution is -2.36. The van der Waals surface area contributed by atoms with Gasteiger partial charge in [-0.2, -0.15) is 0 Å². The summed E-state index contributed by atoms with van der Waals surface area (Å²) in [6.07, 6.45) is 23.5. The zero-order valence-electron chi connectivity index (χ0n) is 17.8. The minimum atomic E-state index is -0.0287. The van der Waals surface area contributed by atoms with Crippen LogP contribution in [0.25, 0.3) is 0 Å². The molecule has 27 heavy (non-hydrogen) atoms. The van der Waals surface area contributed by atoms with E-state index in [0.29, 0.717) is 12.3 Å². The minimum absolute atomic E-state index is 0.00654. The van der Waals surface area contributed by atoms with Gasteiger partial charge in [-0.1, -0.05) is 103 Å². The van der Waals surface area contributed by atoms with E-state index in [-0.39, 0.29) is 11.8 Å². The normalized spacial score (nSPS) is 16.0. The average molecular weight is 378 g/mol. The Morgan fingerprint density at radius 2 is 1.44 bits per heavy atom. The van der Waals surface area contributed by atoms with Gasteiger partial charge in [-0.3, -0.25) is 14.5 Å². The summed E-state index contributed by atoms with van der Waals surface area (Å²) in [4.78, 5) is 25.1. The molecule has 1 rings (SSSR count). The van der Waals surface area contributed by atoms with Crippen LogP contribution in [0.4, 0.5) is 0 Å². The first kappa shape index (κ1) is 23.9. The van der Waals surface area contributed by atoms with E-state index in [4.69, 9.17) is 0 Å². The maximum absolute atomic E-state index is 12.7. The highest BCUT2D eigenvalue weighted by Crippen LogP contribution is 2.34. The van der Waals surface area contributed by atoms with E-state index in [1.807, 2.05) is 0 Å². The molecule has 1 aliphatic rings. The summed E-state index contributed by atoms with van der Waals surface area (Å²) in [6.45, 7) is 5.88. The number of carbonyl (C=O) groups excluding carboxylic acids is 2. The maximum atomic E-state index is 12.7. The zero-order valence-corrected chi connectivity index (χ0v) is 17.8. The smallest absolute Gasteiger partial charge is 0.236 e. The van der Waals surface area contributed by atoms with Gasteiger partial charge in [0.05, 0.1) is 0 Å². The average Bonchev–Trinajstić information content (AvgIpc) is 2.70. The Hall–Kier alpha value is -1.12. The predicted molar refractivity (Wildman–Crippen MR) is 114 cm³/mol. The first-order chi connectivity index (χ1) is 13.2. The molecular formula is C24H43NO2. The van der Waals surface area contributed by atoms with Crippen molar-refractivity contribution in [3.8, 4) is 0 Å². The Kier molecular flexibility index (Phi) is 14.1. The number of amides is 2. The van der Waals surface area contributed by atoms with Crippen molar-refractivity contribution in [3.63, 3.8) is 0 Å². The molecule has 1 atom stereocenters. The quantitative estimate of drug-likeness (QED) is 0.214. The molecule has 0 N–H and O–H groups in total. The highest BCUT2D eigenvalue weighted by molar-refractivity contribution is 5.89. The van der Waals surface area contributed by atoms with Crippen LogP contribution in [-0.2, 0) is 9.59 Å². The molecule has 156 valence electrons. The third-order valence-corrected chi connectivity index (χ3v) is 6.22. The molecule has 1 unspecified atom stereocenters. The molecule has 0 saturated heterocycles. The highest BCUT2D eigenvalue weighted by Gasteiger charge is 2.31. The van der Waals surface area contributed by atoms with Crippen LogP contribution in [0.15, 0.2) is 12.8 Å². The summed E-state index contributed by atoms with van der Waals surface area (Å²) in [5.74, 6) is 0.433. The molecule has 3 heteroatoms. The van der Waals surface area contributed by atoms with Crippen molar-refractivity contribution in [2.75, 3.05) is 0 Å². The third kappa shape index (κ3) is 10.1. The lowest BCUT2D eigenvalue weighted by atomic mass is 9.77. The van der Waals surface area contributed by atoms with E-state index < -0.39 is 0 Å². The van der Waals surface area contributed by atoms with Crippen molar-refractivity contribution >= 4 is 12.3 Å². The Balaban J connectivity index is 2.24. The molecule has 1 saturated carbocycles. The van der Waals surface area contributed by atoms with Gasteiger partial charge in [-0.25, -0.2) is 0 Å². The van der Waals surface area contributed by atoms with Crippen LogP contribution in [0.2, 0.25) is 0 Å². The van der Waals surface area contributed by atoms with Gasteiger partial charge >= 0.3 is 0 Å².